The molecule has 2 aromatic rings. The first-order chi connectivity index (χ1) is 11.0. The Balaban J connectivity index is 2.00. The number of imidazole rings is 1. The summed E-state index contributed by atoms with van der Waals surface area (Å²) in [7, 11) is 3.60. The summed E-state index contributed by atoms with van der Waals surface area (Å²) in [4.78, 5) is 28.7. The maximum Gasteiger partial charge on any atom is 0.280 e. The van der Waals surface area contributed by atoms with Crippen LogP contribution in [0.25, 0.3) is 11.2 Å². The molecule has 0 radical (unpaired) electrons. The van der Waals surface area contributed by atoms with Crippen LogP contribution >= 0.6 is 0 Å². The number of aliphatic hydroxyl groups is 2. The van der Waals surface area contributed by atoms with Gasteiger partial charge in [-0.2, -0.15) is 4.98 Å². The van der Waals surface area contributed by atoms with Gasteiger partial charge >= 0.3 is 0 Å². The van der Waals surface area contributed by atoms with E-state index in [1.165, 1.54) is 12.7 Å². The van der Waals surface area contributed by atoms with Crippen LogP contribution in [-0.4, -0.2) is 73.9 Å². The molecule has 0 bridgehead atoms. The van der Waals surface area contributed by atoms with Gasteiger partial charge < -0.3 is 19.8 Å². The van der Waals surface area contributed by atoms with Gasteiger partial charge in [0.25, 0.3) is 5.56 Å². The van der Waals surface area contributed by atoms with Crippen molar-refractivity contribution in [3.63, 3.8) is 0 Å². The molecule has 0 spiro atoms. The van der Waals surface area contributed by atoms with Crippen LogP contribution < -0.4 is 5.56 Å². The zero-order valence-corrected chi connectivity index (χ0v) is 12.7. The Hall–Kier alpha value is -2.30. The van der Waals surface area contributed by atoms with Crippen molar-refractivity contribution < 1.29 is 14.9 Å². The predicted molar refractivity (Wildman–Crippen MR) is 81.6 cm³/mol. The number of hydrogen-bond acceptors (Lipinski definition) is 7. The highest BCUT2D eigenvalue weighted by atomic mass is 16.5. The summed E-state index contributed by atoms with van der Waals surface area (Å²) >= 11 is 0. The number of aromatic amines is 1. The topological polar surface area (TPSA) is 129 Å². The van der Waals surface area contributed by atoms with Crippen molar-refractivity contribution in [1.82, 2.24) is 24.4 Å². The largest absolute Gasteiger partial charge is 0.394 e. The molecule has 10 heteroatoms. The van der Waals surface area contributed by atoms with Crippen LogP contribution in [0.3, 0.4) is 0 Å². The van der Waals surface area contributed by atoms with E-state index in [9.17, 15) is 15.0 Å². The highest BCUT2D eigenvalue weighted by molar-refractivity contribution is 5.71. The smallest absolute Gasteiger partial charge is 0.280 e. The Morgan fingerprint density at radius 1 is 1.61 bits per heavy atom. The predicted octanol–water partition coefficient (Wildman–Crippen LogP) is -1.02. The van der Waals surface area contributed by atoms with Crippen LogP contribution in [0, 0.1) is 0 Å². The number of aliphatic hydroxyl groups excluding tert-OH is 2. The van der Waals surface area contributed by atoms with E-state index < -0.39 is 24.0 Å². The molecular weight excluding hydrogens is 304 g/mol. The third kappa shape index (κ3) is 2.96. The molecule has 3 rings (SSSR count). The highest BCUT2D eigenvalue weighted by Gasteiger charge is 2.35. The summed E-state index contributed by atoms with van der Waals surface area (Å²) in [5.74, 6) is 0.148. The maximum atomic E-state index is 12.1. The Morgan fingerprint density at radius 2 is 2.39 bits per heavy atom. The molecule has 3 heterocycles. The van der Waals surface area contributed by atoms with Gasteiger partial charge in [0.05, 0.1) is 25.4 Å². The summed E-state index contributed by atoms with van der Waals surface area (Å²) in [6.45, 7) is -0.281. The molecule has 0 aromatic carbocycles. The fourth-order valence-corrected chi connectivity index (χ4v) is 2.41. The highest BCUT2D eigenvalue weighted by Crippen LogP contribution is 2.30. The quantitative estimate of drug-likeness (QED) is 0.485. The van der Waals surface area contributed by atoms with E-state index in [4.69, 9.17) is 4.74 Å². The summed E-state index contributed by atoms with van der Waals surface area (Å²) in [5.41, 5.74) is 0.0756. The van der Waals surface area contributed by atoms with Crippen LogP contribution in [-0.2, 0) is 4.74 Å². The molecule has 3 N–H and O–H groups in total. The van der Waals surface area contributed by atoms with Gasteiger partial charge in [0.15, 0.2) is 11.2 Å². The molecule has 0 unspecified atom stereocenters. The van der Waals surface area contributed by atoms with E-state index in [0.717, 1.165) is 0 Å². The molecule has 0 amide bonds. The first kappa shape index (κ1) is 15.6. The Bertz CT molecular complexity index is 782. The molecule has 0 saturated carbocycles. The van der Waals surface area contributed by atoms with Crippen LogP contribution in [0.15, 0.2) is 16.1 Å². The molecule has 1 fully saturated rings. The molecule has 0 aliphatic carbocycles. The summed E-state index contributed by atoms with van der Waals surface area (Å²) in [6, 6.07) is 0. The number of fused-ring (bicyclic) bond motifs is 1. The molecule has 1 aliphatic rings. The fraction of sp³-hybridized carbons (Fsp3) is 0.538. The van der Waals surface area contributed by atoms with Gasteiger partial charge in [0.2, 0.25) is 5.95 Å². The number of nitrogens with zero attached hydrogens (tertiary/aromatic N) is 5. The SMILES string of the molecule is CN(C)/C=N/c1nc2c(ncn2[C@H]2C[C@H](O)[C@@H](CO)O2)c(=O)[nH]1. The molecular formula is C13H18N6O4. The number of aliphatic imine (C=N–C) groups is 1. The molecule has 1 saturated heterocycles. The first-order valence-electron chi connectivity index (χ1n) is 7.11. The van der Waals surface area contributed by atoms with Crippen LogP contribution in [0.5, 0.6) is 0 Å². The van der Waals surface area contributed by atoms with Gasteiger partial charge in [-0.1, -0.05) is 0 Å². The lowest BCUT2D eigenvalue weighted by Gasteiger charge is -2.13. The van der Waals surface area contributed by atoms with E-state index in [2.05, 4.69) is 19.9 Å². The standard InChI is InChI=1S/C13H18N6O4/c1-18(2)5-15-13-16-11-10(12(22)17-13)14-6-19(11)9-3-7(21)8(4-20)23-9/h5-9,20-21H,3-4H2,1-2H3,(H,16,17,22)/b15-5+/t7-,8+,9+/m0/s1. The Kier molecular flexibility index (Phi) is 4.11. The van der Waals surface area contributed by atoms with Crippen molar-refractivity contribution >= 4 is 23.5 Å². The molecule has 2 aromatic heterocycles. The second-order valence-electron chi connectivity index (χ2n) is 5.54. The molecule has 23 heavy (non-hydrogen) atoms. The molecule has 124 valence electrons. The minimum Gasteiger partial charge on any atom is -0.394 e. The average molecular weight is 322 g/mol. The lowest BCUT2D eigenvalue weighted by atomic mass is 10.2. The van der Waals surface area contributed by atoms with Crippen molar-refractivity contribution in [2.24, 2.45) is 4.99 Å². The van der Waals surface area contributed by atoms with Gasteiger partial charge in [-0.05, 0) is 0 Å². The third-order valence-electron chi connectivity index (χ3n) is 3.53. The molecule has 10 nitrogen and oxygen atoms in total. The van der Waals surface area contributed by atoms with Crippen molar-refractivity contribution in [3.05, 3.63) is 16.7 Å². The normalized spacial score (nSPS) is 24.8. The van der Waals surface area contributed by atoms with Crippen LogP contribution in [0.1, 0.15) is 12.6 Å². The van der Waals surface area contributed by atoms with E-state index >= 15 is 0 Å². The number of nitrogens with one attached hydrogen (secondary N) is 1. The van der Waals surface area contributed by atoms with E-state index in [1.807, 2.05) is 0 Å². The van der Waals surface area contributed by atoms with Gasteiger partial charge in [-0.15, -0.1) is 0 Å². The Labute approximate surface area is 131 Å². The van der Waals surface area contributed by atoms with E-state index in [-0.39, 0.29) is 24.5 Å². The lowest BCUT2D eigenvalue weighted by Crippen LogP contribution is -2.24. The second kappa shape index (κ2) is 6.07. The van der Waals surface area contributed by atoms with Crippen LogP contribution in [0.2, 0.25) is 0 Å². The lowest BCUT2D eigenvalue weighted by molar-refractivity contribution is -0.0432. The third-order valence-corrected chi connectivity index (χ3v) is 3.53. The fourth-order valence-electron chi connectivity index (χ4n) is 2.41. The zero-order chi connectivity index (χ0) is 16.6. The van der Waals surface area contributed by atoms with E-state index in [1.54, 1.807) is 23.6 Å². The van der Waals surface area contributed by atoms with Crippen molar-refractivity contribution in [2.75, 3.05) is 20.7 Å². The van der Waals surface area contributed by atoms with Gasteiger partial charge in [-0.3, -0.25) is 14.3 Å². The summed E-state index contributed by atoms with van der Waals surface area (Å²) in [6.07, 6.45) is 1.24. The van der Waals surface area contributed by atoms with Gasteiger partial charge in [-0.25, -0.2) is 9.98 Å². The maximum absolute atomic E-state index is 12.1. The van der Waals surface area contributed by atoms with Crippen molar-refractivity contribution in [1.29, 1.82) is 0 Å². The van der Waals surface area contributed by atoms with Gasteiger partial charge in [0, 0.05) is 20.5 Å². The zero-order valence-electron chi connectivity index (χ0n) is 12.7. The average Bonchev–Trinajstić information content (AvgIpc) is 3.08. The van der Waals surface area contributed by atoms with Crippen LogP contribution in [0.4, 0.5) is 5.95 Å². The number of aromatic nitrogens is 4. The minimum atomic E-state index is -0.782. The van der Waals surface area contributed by atoms with E-state index in [0.29, 0.717) is 5.65 Å². The second-order valence-corrected chi connectivity index (χ2v) is 5.54. The number of hydrogen-bond donors (Lipinski definition) is 3. The first-order valence-corrected chi connectivity index (χ1v) is 7.11. The monoisotopic (exact) mass is 322 g/mol. The molecule has 3 atom stereocenters. The van der Waals surface area contributed by atoms with Crippen molar-refractivity contribution in [3.8, 4) is 0 Å². The summed E-state index contributed by atoms with van der Waals surface area (Å²) < 4.78 is 7.14. The summed E-state index contributed by atoms with van der Waals surface area (Å²) in [5, 5.41) is 19.0. The number of H-pyrrole nitrogens is 1. The minimum absolute atomic E-state index is 0.148. The number of ether oxygens (including phenoxy) is 1. The van der Waals surface area contributed by atoms with Gasteiger partial charge in [0.1, 0.15) is 12.3 Å². The number of rotatable bonds is 4. The van der Waals surface area contributed by atoms with Crippen molar-refractivity contribution in [2.45, 2.75) is 24.9 Å². The molecule has 1 aliphatic heterocycles. The Morgan fingerprint density at radius 3 is 3.04 bits per heavy atom.